The third-order valence-electron chi connectivity index (χ3n) is 9.31. The molecule has 0 radical (unpaired) electrons. The Morgan fingerprint density at radius 2 is 1.06 bits per heavy atom. The Labute approximate surface area is 294 Å². The smallest absolute Gasteiger partial charge is 0.416 e. The monoisotopic (exact) mass is 668 g/mol. The summed E-state index contributed by atoms with van der Waals surface area (Å²) in [5.41, 5.74) is 10.8. The molecule has 1 aliphatic rings. The minimum absolute atomic E-state index is 0.663. The first-order valence-electron chi connectivity index (χ1n) is 16.7. The molecule has 0 saturated heterocycles. The van der Waals surface area contributed by atoms with Crippen molar-refractivity contribution < 1.29 is 17.9 Å². The summed E-state index contributed by atoms with van der Waals surface area (Å²) in [5, 5.41) is 2.01. The van der Waals surface area contributed by atoms with Crippen molar-refractivity contribution in [1.29, 1.82) is 0 Å². The van der Waals surface area contributed by atoms with Crippen molar-refractivity contribution in [3.05, 3.63) is 226 Å². The number of fused-ring (bicyclic) bond motifs is 3. The third kappa shape index (κ3) is 6.07. The van der Waals surface area contributed by atoms with Crippen molar-refractivity contribution in [2.45, 2.75) is 11.8 Å². The molecule has 0 aromatic heterocycles. The first-order chi connectivity index (χ1) is 24.9. The fraction of sp³-hybridized carbons (Fsp3) is 0.0426. The van der Waals surface area contributed by atoms with Crippen molar-refractivity contribution in [2.24, 2.45) is 0 Å². The molecule has 51 heavy (non-hydrogen) atoms. The Kier molecular flexibility index (Phi) is 8.23. The van der Waals surface area contributed by atoms with Gasteiger partial charge in [0.15, 0.2) is 5.60 Å². The molecular formula is C47H31F3O. The molecule has 0 atom stereocenters. The van der Waals surface area contributed by atoms with Crippen molar-refractivity contribution in [3.63, 3.8) is 0 Å². The minimum atomic E-state index is -4.37. The molecule has 8 rings (SSSR count). The van der Waals surface area contributed by atoms with Gasteiger partial charge in [0.2, 0.25) is 0 Å². The zero-order valence-corrected chi connectivity index (χ0v) is 27.4. The van der Waals surface area contributed by atoms with E-state index in [4.69, 9.17) is 4.74 Å². The Morgan fingerprint density at radius 1 is 0.549 bits per heavy atom. The van der Waals surface area contributed by atoms with Crippen LogP contribution in [0.4, 0.5) is 13.2 Å². The summed E-state index contributed by atoms with van der Waals surface area (Å²) in [5.74, 6) is 0.756. The molecule has 0 spiro atoms. The van der Waals surface area contributed by atoms with Crippen LogP contribution in [0, 0.1) is 0 Å². The van der Waals surface area contributed by atoms with Crippen LogP contribution in [0.5, 0.6) is 5.75 Å². The van der Waals surface area contributed by atoms with Crippen LogP contribution in [0.25, 0.3) is 34.1 Å². The molecule has 0 unspecified atom stereocenters. The van der Waals surface area contributed by atoms with Gasteiger partial charge in [-0.15, -0.1) is 5.73 Å². The lowest BCUT2D eigenvalue weighted by atomic mass is 9.77. The van der Waals surface area contributed by atoms with Crippen LogP contribution in [-0.4, -0.2) is 0 Å². The van der Waals surface area contributed by atoms with E-state index in [1.54, 1.807) is 0 Å². The molecule has 1 heterocycles. The van der Waals surface area contributed by atoms with Gasteiger partial charge < -0.3 is 4.74 Å². The summed E-state index contributed by atoms with van der Waals surface area (Å²) >= 11 is 0. The first kappa shape index (κ1) is 31.9. The van der Waals surface area contributed by atoms with E-state index in [1.807, 2.05) is 97.1 Å². The molecule has 7 aromatic rings. The van der Waals surface area contributed by atoms with Crippen molar-refractivity contribution in [2.75, 3.05) is 0 Å². The highest BCUT2D eigenvalue weighted by Crippen LogP contribution is 2.55. The second kappa shape index (κ2) is 13.2. The van der Waals surface area contributed by atoms with Crippen molar-refractivity contribution >= 4 is 34.1 Å². The number of hydrogen-bond donors (Lipinski definition) is 0. The molecule has 0 N–H and O–H groups in total. The van der Waals surface area contributed by atoms with Gasteiger partial charge in [-0.25, -0.2) is 0 Å². The standard InChI is InChI=1S/C47H31F3O/c48-47(49,50)40-27-23-33(24-28-40)21-22-34-25-29-41-37(31-34)26-30-44-45(41)43(32-42(35-13-5-1-6-14-35)36-15-7-2-8-16-36)46(51-44,38-17-9-3-10-18-38)39-19-11-4-12-20-39/h1-31H/b22-21+. The Morgan fingerprint density at radius 3 is 1.61 bits per heavy atom. The average Bonchev–Trinajstić information content (AvgIpc) is 3.52. The van der Waals surface area contributed by atoms with E-state index in [0.29, 0.717) is 5.56 Å². The summed E-state index contributed by atoms with van der Waals surface area (Å²) < 4.78 is 46.5. The van der Waals surface area contributed by atoms with Gasteiger partial charge in [0.25, 0.3) is 0 Å². The fourth-order valence-electron chi connectivity index (χ4n) is 6.86. The zero-order valence-electron chi connectivity index (χ0n) is 27.4. The lowest BCUT2D eigenvalue weighted by molar-refractivity contribution is -0.137. The largest absolute Gasteiger partial charge is 0.472 e. The Balaban J connectivity index is 1.37. The summed E-state index contributed by atoms with van der Waals surface area (Å²) in [6.07, 6.45) is -0.619. The van der Waals surface area contributed by atoms with Gasteiger partial charge in [-0.1, -0.05) is 164 Å². The van der Waals surface area contributed by atoms with Gasteiger partial charge in [-0.3, -0.25) is 0 Å². The highest BCUT2D eigenvalue weighted by molar-refractivity contribution is 6.03. The van der Waals surface area contributed by atoms with E-state index < -0.39 is 17.3 Å². The highest BCUT2D eigenvalue weighted by Gasteiger charge is 2.48. The number of hydrogen-bond acceptors (Lipinski definition) is 1. The van der Waals surface area contributed by atoms with E-state index in [1.165, 1.54) is 12.1 Å². The van der Waals surface area contributed by atoms with Crippen LogP contribution in [0.3, 0.4) is 0 Å². The topological polar surface area (TPSA) is 9.23 Å². The summed E-state index contributed by atoms with van der Waals surface area (Å²) in [4.78, 5) is 0. The normalized spacial score (nSPS) is 13.5. The molecule has 0 amide bonds. The summed E-state index contributed by atoms with van der Waals surface area (Å²) in [6, 6.07) is 56.7. The molecule has 1 nitrogen and oxygen atoms in total. The summed E-state index contributed by atoms with van der Waals surface area (Å²) in [6.45, 7) is 0. The predicted octanol–water partition coefficient (Wildman–Crippen LogP) is 12.5. The van der Waals surface area contributed by atoms with Gasteiger partial charge >= 0.3 is 6.18 Å². The maximum Gasteiger partial charge on any atom is 0.416 e. The Hall–Kier alpha value is -6.35. The Bertz CT molecular complexity index is 2340. The van der Waals surface area contributed by atoms with E-state index in [-0.39, 0.29) is 0 Å². The second-order valence-corrected chi connectivity index (χ2v) is 12.5. The first-order valence-corrected chi connectivity index (χ1v) is 16.7. The number of rotatable bonds is 6. The number of alkyl halides is 3. The molecule has 246 valence electrons. The van der Waals surface area contributed by atoms with Crippen LogP contribution in [0.1, 0.15) is 44.5 Å². The molecule has 0 saturated carbocycles. The van der Waals surface area contributed by atoms with Gasteiger partial charge in [-0.2, -0.15) is 13.2 Å². The van der Waals surface area contributed by atoms with Crippen LogP contribution in [0.15, 0.2) is 182 Å². The average molecular weight is 669 g/mol. The fourth-order valence-corrected chi connectivity index (χ4v) is 6.86. The second-order valence-electron chi connectivity index (χ2n) is 12.5. The summed E-state index contributed by atoms with van der Waals surface area (Å²) in [7, 11) is 0. The van der Waals surface area contributed by atoms with E-state index in [2.05, 4.69) is 72.5 Å². The number of halogens is 3. The molecular weight excluding hydrogens is 638 g/mol. The van der Waals surface area contributed by atoms with Gasteiger partial charge in [0.05, 0.1) is 11.1 Å². The molecule has 0 aliphatic carbocycles. The maximum absolute atomic E-state index is 13.1. The van der Waals surface area contributed by atoms with E-state index in [0.717, 1.165) is 73.2 Å². The molecule has 0 bridgehead atoms. The van der Waals surface area contributed by atoms with Crippen LogP contribution in [-0.2, 0) is 11.8 Å². The number of benzene rings is 7. The van der Waals surface area contributed by atoms with Gasteiger partial charge in [-0.05, 0) is 57.3 Å². The number of ether oxygens (including phenoxy) is 1. The molecule has 1 aliphatic heterocycles. The zero-order chi connectivity index (χ0) is 34.8. The SMILES string of the molecule is FC(F)(F)c1ccc(/C=C/c2ccc3c4c(ccc3c2)OC(c2ccccc2)(c2ccccc2)C4=C=C(c2ccccc2)c2ccccc2)cc1. The molecule has 0 fully saturated rings. The van der Waals surface area contributed by atoms with E-state index >= 15 is 0 Å². The van der Waals surface area contributed by atoms with Crippen LogP contribution >= 0.6 is 0 Å². The lowest BCUT2D eigenvalue weighted by Crippen LogP contribution is -2.31. The molecule has 7 aromatic carbocycles. The van der Waals surface area contributed by atoms with Crippen molar-refractivity contribution in [1.82, 2.24) is 0 Å². The maximum atomic E-state index is 13.1. The van der Waals surface area contributed by atoms with Crippen LogP contribution < -0.4 is 4.74 Å². The quantitative estimate of drug-likeness (QED) is 0.127. The van der Waals surface area contributed by atoms with Gasteiger partial charge in [0, 0.05) is 22.3 Å². The predicted molar refractivity (Wildman–Crippen MR) is 201 cm³/mol. The molecule has 4 heteroatoms. The van der Waals surface area contributed by atoms with Crippen LogP contribution in [0.2, 0.25) is 0 Å². The van der Waals surface area contributed by atoms with E-state index in [9.17, 15) is 13.2 Å². The minimum Gasteiger partial charge on any atom is -0.472 e. The highest BCUT2D eigenvalue weighted by atomic mass is 19.4. The third-order valence-corrected chi connectivity index (χ3v) is 9.31. The lowest BCUT2D eigenvalue weighted by Gasteiger charge is -2.31. The van der Waals surface area contributed by atoms with Gasteiger partial charge in [0.1, 0.15) is 5.75 Å². The van der Waals surface area contributed by atoms with Crippen molar-refractivity contribution in [3.8, 4) is 5.75 Å².